The SMILES string of the molecule is O=C1OC(c2ccc(Cl)cc2)=N/C1=C\c1ccccc1OCCc1ccccc1. The summed E-state index contributed by atoms with van der Waals surface area (Å²) in [5, 5.41) is 0.607. The Morgan fingerprint density at radius 2 is 1.66 bits per heavy atom. The van der Waals surface area contributed by atoms with Gasteiger partial charge in [0, 0.05) is 22.6 Å². The van der Waals surface area contributed by atoms with Crippen LogP contribution in [0.5, 0.6) is 5.75 Å². The number of para-hydroxylation sites is 1. The van der Waals surface area contributed by atoms with Crippen molar-refractivity contribution in [2.24, 2.45) is 4.99 Å². The number of halogens is 1. The summed E-state index contributed by atoms with van der Waals surface area (Å²) in [6, 6.07) is 24.7. The monoisotopic (exact) mass is 403 g/mol. The molecular weight excluding hydrogens is 386 g/mol. The quantitative estimate of drug-likeness (QED) is 0.414. The van der Waals surface area contributed by atoms with Gasteiger partial charge in [-0.05, 0) is 42.0 Å². The van der Waals surface area contributed by atoms with E-state index in [4.69, 9.17) is 21.1 Å². The van der Waals surface area contributed by atoms with Crippen LogP contribution in [0.3, 0.4) is 0 Å². The Bertz CT molecular complexity index is 1070. The number of rotatable bonds is 6. The molecule has 1 aliphatic rings. The molecule has 5 heteroatoms. The second-order valence-electron chi connectivity index (χ2n) is 6.46. The lowest BCUT2D eigenvalue weighted by Crippen LogP contribution is -2.05. The van der Waals surface area contributed by atoms with Crippen LogP contribution in [0.15, 0.2) is 89.6 Å². The van der Waals surface area contributed by atoms with E-state index in [1.54, 1.807) is 30.3 Å². The molecule has 1 heterocycles. The predicted octanol–water partition coefficient (Wildman–Crippen LogP) is 5.31. The first-order chi connectivity index (χ1) is 14.2. The molecule has 0 aromatic heterocycles. The molecule has 3 aromatic carbocycles. The van der Waals surface area contributed by atoms with E-state index in [9.17, 15) is 4.79 Å². The van der Waals surface area contributed by atoms with Gasteiger partial charge in [0.05, 0.1) is 6.61 Å². The van der Waals surface area contributed by atoms with Crippen molar-refractivity contribution in [3.05, 3.63) is 106 Å². The molecule has 0 unspecified atom stereocenters. The maximum Gasteiger partial charge on any atom is 0.363 e. The number of carbonyl (C=O) groups is 1. The number of hydrogen-bond acceptors (Lipinski definition) is 4. The maximum atomic E-state index is 12.3. The molecule has 144 valence electrons. The first kappa shape index (κ1) is 19.0. The van der Waals surface area contributed by atoms with E-state index in [0.29, 0.717) is 22.9 Å². The van der Waals surface area contributed by atoms with Crippen LogP contribution in [0, 0.1) is 0 Å². The molecule has 0 amide bonds. The highest BCUT2D eigenvalue weighted by atomic mass is 35.5. The minimum absolute atomic E-state index is 0.231. The number of nitrogens with zero attached hydrogens (tertiary/aromatic N) is 1. The first-order valence-electron chi connectivity index (χ1n) is 9.23. The number of ether oxygens (including phenoxy) is 2. The molecule has 4 nitrogen and oxygen atoms in total. The molecule has 4 rings (SSSR count). The van der Waals surface area contributed by atoms with Crippen molar-refractivity contribution in [2.75, 3.05) is 6.61 Å². The molecule has 0 N–H and O–H groups in total. The average molecular weight is 404 g/mol. The number of benzene rings is 3. The van der Waals surface area contributed by atoms with Gasteiger partial charge in [0.25, 0.3) is 0 Å². The fourth-order valence-corrected chi connectivity index (χ4v) is 3.05. The number of aliphatic imine (C=N–C) groups is 1. The Morgan fingerprint density at radius 1 is 0.931 bits per heavy atom. The smallest absolute Gasteiger partial charge is 0.363 e. The molecule has 3 aromatic rings. The fraction of sp³-hybridized carbons (Fsp3) is 0.0833. The van der Waals surface area contributed by atoms with Crippen LogP contribution in [0.1, 0.15) is 16.7 Å². The van der Waals surface area contributed by atoms with Crippen LogP contribution < -0.4 is 4.74 Å². The molecule has 0 aliphatic carbocycles. The molecule has 0 radical (unpaired) electrons. The standard InChI is InChI=1S/C24H18ClNO3/c25-20-12-10-18(11-13-20)23-26-21(24(27)29-23)16-19-8-4-5-9-22(19)28-15-14-17-6-2-1-3-7-17/h1-13,16H,14-15H2/b21-16-. The van der Waals surface area contributed by atoms with Crippen LogP contribution in [0.25, 0.3) is 6.08 Å². The number of cyclic esters (lactones) is 1. The van der Waals surface area contributed by atoms with Crippen molar-refractivity contribution < 1.29 is 14.3 Å². The normalized spacial score (nSPS) is 14.6. The zero-order valence-corrected chi connectivity index (χ0v) is 16.3. The van der Waals surface area contributed by atoms with Crippen LogP contribution >= 0.6 is 11.6 Å². The summed E-state index contributed by atoms with van der Waals surface area (Å²) in [5.74, 6) is 0.466. The lowest BCUT2D eigenvalue weighted by atomic mass is 10.1. The third-order valence-corrected chi connectivity index (χ3v) is 4.67. The highest BCUT2D eigenvalue weighted by Gasteiger charge is 2.24. The molecule has 0 fully saturated rings. The Hall–Kier alpha value is -3.37. The van der Waals surface area contributed by atoms with Crippen molar-refractivity contribution in [2.45, 2.75) is 6.42 Å². The molecule has 0 atom stereocenters. The van der Waals surface area contributed by atoms with E-state index in [1.807, 2.05) is 42.5 Å². The van der Waals surface area contributed by atoms with Gasteiger partial charge in [-0.3, -0.25) is 0 Å². The first-order valence-corrected chi connectivity index (χ1v) is 9.61. The molecule has 0 bridgehead atoms. The van der Waals surface area contributed by atoms with Gasteiger partial charge in [0.2, 0.25) is 5.90 Å². The van der Waals surface area contributed by atoms with E-state index in [1.165, 1.54) is 5.56 Å². The van der Waals surface area contributed by atoms with Gasteiger partial charge < -0.3 is 9.47 Å². The number of hydrogen-bond donors (Lipinski definition) is 0. The molecule has 0 saturated heterocycles. The zero-order chi connectivity index (χ0) is 20.1. The van der Waals surface area contributed by atoms with Crippen LogP contribution in [-0.2, 0) is 16.0 Å². The van der Waals surface area contributed by atoms with Gasteiger partial charge in [0.1, 0.15) is 5.75 Å². The Labute approximate surface area is 174 Å². The lowest BCUT2D eigenvalue weighted by molar-refractivity contribution is -0.129. The van der Waals surface area contributed by atoms with Gasteiger partial charge >= 0.3 is 5.97 Å². The Balaban J connectivity index is 1.51. The van der Waals surface area contributed by atoms with Crippen LogP contribution in [0.2, 0.25) is 5.02 Å². The summed E-state index contributed by atoms with van der Waals surface area (Å²) >= 11 is 5.91. The number of esters is 1. The lowest BCUT2D eigenvalue weighted by Gasteiger charge is -2.09. The predicted molar refractivity (Wildman–Crippen MR) is 114 cm³/mol. The largest absolute Gasteiger partial charge is 0.493 e. The fourth-order valence-electron chi connectivity index (χ4n) is 2.93. The molecular formula is C24H18ClNO3. The van der Waals surface area contributed by atoms with Gasteiger partial charge in [0.15, 0.2) is 5.70 Å². The number of carbonyl (C=O) groups excluding carboxylic acids is 1. The summed E-state index contributed by atoms with van der Waals surface area (Å²) in [7, 11) is 0. The third kappa shape index (κ3) is 4.73. The minimum atomic E-state index is -0.492. The van der Waals surface area contributed by atoms with Crippen LogP contribution in [0.4, 0.5) is 0 Å². The molecule has 0 spiro atoms. The maximum absolute atomic E-state index is 12.3. The van der Waals surface area contributed by atoms with Crippen molar-refractivity contribution in [1.29, 1.82) is 0 Å². The van der Waals surface area contributed by atoms with Gasteiger partial charge in [-0.1, -0.05) is 60.1 Å². The van der Waals surface area contributed by atoms with Gasteiger partial charge in [-0.25, -0.2) is 9.79 Å². The summed E-state index contributed by atoms with van der Waals surface area (Å²) < 4.78 is 11.3. The van der Waals surface area contributed by atoms with Crippen molar-refractivity contribution in [3.63, 3.8) is 0 Å². The Morgan fingerprint density at radius 3 is 2.45 bits per heavy atom. The van der Waals surface area contributed by atoms with Crippen molar-refractivity contribution in [3.8, 4) is 5.75 Å². The van der Waals surface area contributed by atoms with Crippen molar-refractivity contribution in [1.82, 2.24) is 0 Å². The zero-order valence-electron chi connectivity index (χ0n) is 15.5. The van der Waals surface area contributed by atoms with E-state index < -0.39 is 5.97 Å². The second kappa shape index (κ2) is 8.76. The van der Waals surface area contributed by atoms with Crippen LogP contribution in [-0.4, -0.2) is 18.5 Å². The molecule has 1 aliphatic heterocycles. The van der Waals surface area contributed by atoms with E-state index >= 15 is 0 Å². The molecule has 29 heavy (non-hydrogen) atoms. The summed E-state index contributed by atoms with van der Waals surface area (Å²) in [6.45, 7) is 0.536. The average Bonchev–Trinajstić information content (AvgIpc) is 3.11. The summed E-state index contributed by atoms with van der Waals surface area (Å²) in [4.78, 5) is 16.6. The minimum Gasteiger partial charge on any atom is -0.493 e. The Kier molecular flexibility index (Phi) is 5.73. The topological polar surface area (TPSA) is 47.9 Å². The molecule has 0 saturated carbocycles. The second-order valence-corrected chi connectivity index (χ2v) is 6.90. The van der Waals surface area contributed by atoms with E-state index in [-0.39, 0.29) is 11.6 Å². The van der Waals surface area contributed by atoms with Crippen molar-refractivity contribution >= 4 is 29.5 Å². The highest BCUT2D eigenvalue weighted by Crippen LogP contribution is 2.25. The van der Waals surface area contributed by atoms with Gasteiger partial charge in [-0.2, -0.15) is 0 Å². The highest BCUT2D eigenvalue weighted by molar-refractivity contribution is 6.30. The summed E-state index contributed by atoms with van der Waals surface area (Å²) in [6.07, 6.45) is 2.48. The summed E-state index contributed by atoms with van der Waals surface area (Å²) in [5.41, 5.74) is 2.90. The van der Waals surface area contributed by atoms with Gasteiger partial charge in [-0.15, -0.1) is 0 Å². The van der Waals surface area contributed by atoms with E-state index in [0.717, 1.165) is 12.0 Å². The third-order valence-electron chi connectivity index (χ3n) is 4.41. The van der Waals surface area contributed by atoms with E-state index in [2.05, 4.69) is 17.1 Å².